The second-order valence-electron chi connectivity index (χ2n) is 13.9. The zero-order valence-corrected chi connectivity index (χ0v) is 30.9. The predicted molar refractivity (Wildman–Crippen MR) is 231 cm³/mol. The van der Waals surface area contributed by atoms with Crippen molar-refractivity contribution in [1.82, 2.24) is 5.32 Å². The van der Waals surface area contributed by atoms with Crippen LogP contribution in [0.3, 0.4) is 0 Å². The Morgan fingerprint density at radius 3 is 1.61 bits per heavy atom. The predicted octanol–water partition coefficient (Wildman–Crippen LogP) is 13.8. The number of nitrogens with zero attached hydrogens (tertiary/aromatic N) is 1. The van der Waals surface area contributed by atoms with Gasteiger partial charge >= 0.3 is 0 Å². The number of amidine groups is 1. The first kappa shape index (κ1) is 31.2. The third-order valence-electron chi connectivity index (χ3n) is 10.8. The van der Waals surface area contributed by atoms with Crippen molar-refractivity contribution in [2.24, 2.45) is 0 Å². The molecule has 0 aliphatic carbocycles. The van der Waals surface area contributed by atoms with E-state index >= 15 is 0 Å². The zero-order chi connectivity index (χ0) is 35.6. The molecule has 0 bridgehead atoms. The van der Waals surface area contributed by atoms with Crippen LogP contribution in [-0.2, 0) is 0 Å². The summed E-state index contributed by atoms with van der Waals surface area (Å²) in [7, 11) is 0. The Hall–Kier alpha value is -6.33. The lowest BCUT2D eigenvalue weighted by Gasteiger charge is -2.29. The molecule has 0 spiro atoms. The van der Waals surface area contributed by atoms with E-state index in [1.807, 2.05) is 22.7 Å². The highest BCUT2D eigenvalue weighted by Crippen LogP contribution is 2.43. The van der Waals surface area contributed by atoms with Crippen LogP contribution in [0, 0.1) is 0 Å². The van der Waals surface area contributed by atoms with Gasteiger partial charge in [0.05, 0.1) is 10.3 Å². The van der Waals surface area contributed by atoms with E-state index in [4.69, 9.17) is 0 Å². The van der Waals surface area contributed by atoms with Gasteiger partial charge in [0, 0.05) is 47.3 Å². The molecule has 2 nitrogen and oxygen atoms in total. The van der Waals surface area contributed by atoms with Gasteiger partial charge in [-0.1, -0.05) is 146 Å². The quantitative estimate of drug-likeness (QED) is 0.169. The Bertz CT molecular complexity index is 3050. The van der Waals surface area contributed by atoms with Crippen LogP contribution >= 0.6 is 22.7 Å². The summed E-state index contributed by atoms with van der Waals surface area (Å²) >= 11 is 3.77. The Balaban J connectivity index is 1.03. The van der Waals surface area contributed by atoms with E-state index in [1.165, 1.54) is 90.5 Å². The van der Waals surface area contributed by atoms with Gasteiger partial charge in [0.1, 0.15) is 5.69 Å². The highest BCUT2D eigenvalue weighted by atomic mass is 32.1. The maximum Gasteiger partial charge on any atom is 0.291 e. The summed E-state index contributed by atoms with van der Waals surface area (Å²) in [5, 5.41) is 9.18. The van der Waals surface area contributed by atoms with E-state index in [0.717, 1.165) is 5.84 Å². The molecule has 254 valence electrons. The number of fused-ring (bicyclic) bond motifs is 6. The second kappa shape index (κ2) is 12.7. The van der Waals surface area contributed by atoms with E-state index in [9.17, 15) is 0 Å². The fourth-order valence-electron chi connectivity index (χ4n) is 8.10. The Labute approximate surface area is 321 Å². The minimum Gasteiger partial charge on any atom is -0.229 e. The van der Waals surface area contributed by atoms with Gasteiger partial charge in [-0.05, 0) is 69.8 Å². The molecule has 1 atom stereocenters. The Morgan fingerprint density at radius 1 is 0.389 bits per heavy atom. The van der Waals surface area contributed by atoms with Crippen LogP contribution in [0.15, 0.2) is 188 Å². The molecule has 0 saturated heterocycles. The largest absolute Gasteiger partial charge is 0.291 e. The molecule has 4 heteroatoms. The van der Waals surface area contributed by atoms with Crippen molar-refractivity contribution >= 4 is 74.5 Å². The van der Waals surface area contributed by atoms with Crippen LogP contribution in [0.4, 0.5) is 5.69 Å². The summed E-state index contributed by atoms with van der Waals surface area (Å²) in [5.74, 6) is 1.14. The first-order valence-electron chi connectivity index (χ1n) is 18.4. The van der Waals surface area contributed by atoms with Crippen LogP contribution in [0.2, 0.25) is 0 Å². The number of hydrogen-bond acceptors (Lipinski definition) is 3. The highest BCUT2D eigenvalue weighted by molar-refractivity contribution is 7.26. The van der Waals surface area contributed by atoms with Crippen molar-refractivity contribution in [2.45, 2.75) is 6.17 Å². The molecule has 0 saturated carbocycles. The van der Waals surface area contributed by atoms with Gasteiger partial charge in [0.2, 0.25) is 0 Å². The standard InChI is InChI=1S/C50H32N2S2/c1-3-11-32(12-4-1)33-21-23-34(24-22-33)35-25-27-37(28-26-35)49-51-50(44-19-10-18-42-40-15-7-8-20-45(40)53-48(42)44)52(49)38-29-30-41-43-17-9-16-39(36-13-5-2-6-14-36)47(43)54-46(41)31-38/h1-31,49H/p+1. The number of benzene rings is 8. The van der Waals surface area contributed by atoms with Gasteiger partial charge in [0.15, 0.2) is 0 Å². The normalized spacial score (nSPS) is 14.2. The monoisotopic (exact) mass is 725 g/mol. The first-order valence-corrected chi connectivity index (χ1v) is 20.0. The molecule has 1 aliphatic rings. The van der Waals surface area contributed by atoms with Crippen LogP contribution in [0.5, 0.6) is 0 Å². The maximum absolute atomic E-state index is 3.94. The van der Waals surface area contributed by atoms with E-state index in [-0.39, 0.29) is 6.17 Å². The van der Waals surface area contributed by atoms with Crippen molar-refractivity contribution in [2.75, 3.05) is 0 Å². The molecule has 0 amide bonds. The van der Waals surface area contributed by atoms with Gasteiger partial charge in [-0.15, -0.1) is 22.7 Å². The van der Waals surface area contributed by atoms with Gasteiger partial charge in [-0.3, -0.25) is 0 Å². The molecule has 0 fully saturated rings. The van der Waals surface area contributed by atoms with Gasteiger partial charge in [0.25, 0.3) is 12.0 Å². The lowest BCUT2D eigenvalue weighted by atomic mass is 9.98. The molecular weight excluding hydrogens is 693 g/mol. The van der Waals surface area contributed by atoms with Crippen LogP contribution in [0.25, 0.3) is 73.7 Å². The SMILES string of the molecule is c1ccc(-c2ccc(-c3ccc(C4NC(c5cccc6c5sc5ccccc56)=[N+]4c4ccc5c(c4)sc4c(-c6ccccc6)cccc45)cc3)cc2)cc1. The fourth-order valence-corrected chi connectivity index (χ4v) is 10.6. The van der Waals surface area contributed by atoms with Crippen molar-refractivity contribution in [1.29, 1.82) is 0 Å². The number of nitrogens with one attached hydrogen (secondary N) is 1. The van der Waals surface area contributed by atoms with Crippen molar-refractivity contribution in [3.05, 3.63) is 199 Å². The van der Waals surface area contributed by atoms with E-state index in [2.05, 4.69) is 198 Å². The third-order valence-corrected chi connectivity index (χ3v) is 13.3. The lowest BCUT2D eigenvalue weighted by Crippen LogP contribution is -2.51. The molecule has 1 N–H and O–H groups in total. The molecular formula is C50H33N2S2+. The Kier molecular flexibility index (Phi) is 7.32. The molecule has 0 radical (unpaired) electrons. The number of rotatable bonds is 6. The molecule has 11 rings (SSSR count). The average molecular weight is 726 g/mol. The smallest absolute Gasteiger partial charge is 0.229 e. The van der Waals surface area contributed by atoms with Crippen LogP contribution in [0.1, 0.15) is 17.3 Å². The molecule has 54 heavy (non-hydrogen) atoms. The van der Waals surface area contributed by atoms with Crippen LogP contribution < -0.4 is 5.32 Å². The average Bonchev–Trinajstić information content (AvgIpc) is 3.80. The third kappa shape index (κ3) is 5.10. The van der Waals surface area contributed by atoms with E-state index in [1.54, 1.807) is 0 Å². The maximum atomic E-state index is 3.94. The van der Waals surface area contributed by atoms with Crippen molar-refractivity contribution in [3.8, 4) is 33.4 Å². The van der Waals surface area contributed by atoms with Gasteiger partial charge in [-0.2, -0.15) is 4.58 Å². The van der Waals surface area contributed by atoms with Gasteiger partial charge < -0.3 is 0 Å². The number of hydrogen-bond donors (Lipinski definition) is 1. The van der Waals surface area contributed by atoms with E-state index < -0.39 is 0 Å². The summed E-state index contributed by atoms with van der Waals surface area (Å²) in [4.78, 5) is 0. The van der Waals surface area contributed by atoms with E-state index in [0.29, 0.717) is 0 Å². The molecule has 3 heterocycles. The molecule has 1 aliphatic heterocycles. The lowest BCUT2D eigenvalue weighted by molar-refractivity contribution is -0.531. The molecule has 1 unspecified atom stereocenters. The molecule has 2 aromatic heterocycles. The van der Waals surface area contributed by atoms with Crippen molar-refractivity contribution in [3.63, 3.8) is 0 Å². The minimum absolute atomic E-state index is 0.00847. The summed E-state index contributed by atoms with van der Waals surface area (Å²) in [5.41, 5.74) is 11.1. The molecule has 10 aromatic rings. The summed E-state index contributed by atoms with van der Waals surface area (Å²) in [6.07, 6.45) is -0.00847. The zero-order valence-electron chi connectivity index (χ0n) is 29.2. The summed E-state index contributed by atoms with van der Waals surface area (Å²) < 4.78 is 7.77. The molecule has 8 aromatic carbocycles. The fraction of sp³-hybridized carbons (Fsp3) is 0.0200. The topological polar surface area (TPSA) is 15.0 Å². The summed E-state index contributed by atoms with van der Waals surface area (Å²) in [6.45, 7) is 0. The highest BCUT2D eigenvalue weighted by Gasteiger charge is 2.41. The minimum atomic E-state index is -0.00847. The Morgan fingerprint density at radius 2 is 0.907 bits per heavy atom. The van der Waals surface area contributed by atoms with Crippen molar-refractivity contribution < 1.29 is 4.58 Å². The summed E-state index contributed by atoms with van der Waals surface area (Å²) in [6, 6.07) is 68.6. The van der Waals surface area contributed by atoms with Crippen LogP contribution in [-0.4, -0.2) is 10.4 Å². The van der Waals surface area contributed by atoms with Gasteiger partial charge in [-0.25, -0.2) is 5.32 Å². The second-order valence-corrected chi connectivity index (χ2v) is 16.0. The first-order chi connectivity index (χ1) is 26.8. The number of thiophene rings is 2.